The molecule has 1 aromatic rings. The maximum atomic E-state index is 12.4. The van der Waals surface area contributed by atoms with Crippen LogP contribution in [0, 0.1) is 5.92 Å². The maximum Gasteiger partial charge on any atom is 0.227 e. The topological polar surface area (TPSA) is 78.5 Å². The molecule has 3 amide bonds. The molecule has 1 saturated carbocycles. The molecule has 1 heterocycles. The van der Waals surface area contributed by atoms with Crippen molar-refractivity contribution in [3.63, 3.8) is 0 Å². The molecule has 1 atom stereocenters. The molecule has 2 aliphatic rings. The highest BCUT2D eigenvalue weighted by atomic mass is 16.2. The van der Waals surface area contributed by atoms with Gasteiger partial charge in [0.05, 0.1) is 5.92 Å². The smallest absolute Gasteiger partial charge is 0.227 e. The summed E-state index contributed by atoms with van der Waals surface area (Å²) in [5.74, 6) is -0.543. The summed E-state index contributed by atoms with van der Waals surface area (Å²) in [7, 11) is 0. The summed E-state index contributed by atoms with van der Waals surface area (Å²) in [6, 6.07) is 8.19. The quantitative estimate of drug-likeness (QED) is 0.757. The Labute approximate surface area is 167 Å². The molecule has 0 spiro atoms. The summed E-state index contributed by atoms with van der Waals surface area (Å²) < 4.78 is 0. The van der Waals surface area contributed by atoms with Crippen LogP contribution in [0.1, 0.15) is 57.4 Å². The van der Waals surface area contributed by atoms with Gasteiger partial charge in [0.1, 0.15) is 0 Å². The largest absolute Gasteiger partial charge is 0.355 e. The Morgan fingerprint density at radius 3 is 2.50 bits per heavy atom. The number of carbonyl (C=O) groups is 3. The van der Waals surface area contributed by atoms with Crippen molar-refractivity contribution in [1.82, 2.24) is 10.6 Å². The van der Waals surface area contributed by atoms with E-state index in [-0.39, 0.29) is 42.5 Å². The third-order valence-corrected chi connectivity index (χ3v) is 5.77. The summed E-state index contributed by atoms with van der Waals surface area (Å²) in [5, 5.41) is 5.88. The number of nitrogens with zero attached hydrogens (tertiary/aromatic N) is 1. The van der Waals surface area contributed by atoms with E-state index in [1.54, 1.807) is 4.90 Å². The SMILES string of the molecule is CCc1ccc(N2CC(C(=O)NCCC(=O)NC3CCCCC3)CC2=O)cc1. The Bertz CT molecular complexity index is 695. The van der Waals surface area contributed by atoms with E-state index in [1.807, 2.05) is 24.3 Å². The van der Waals surface area contributed by atoms with Gasteiger partial charge in [0, 0.05) is 37.7 Å². The average Bonchev–Trinajstić information content (AvgIpc) is 3.10. The zero-order valence-electron chi connectivity index (χ0n) is 16.7. The van der Waals surface area contributed by atoms with Crippen molar-refractivity contribution in [2.24, 2.45) is 5.92 Å². The van der Waals surface area contributed by atoms with E-state index in [0.29, 0.717) is 13.1 Å². The van der Waals surface area contributed by atoms with Crippen LogP contribution in [0.4, 0.5) is 5.69 Å². The van der Waals surface area contributed by atoms with Crippen molar-refractivity contribution in [1.29, 1.82) is 0 Å². The maximum absolute atomic E-state index is 12.4. The van der Waals surface area contributed by atoms with Crippen LogP contribution in [-0.2, 0) is 20.8 Å². The summed E-state index contributed by atoms with van der Waals surface area (Å²) >= 11 is 0. The molecule has 0 radical (unpaired) electrons. The average molecular weight is 386 g/mol. The van der Waals surface area contributed by atoms with Crippen LogP contribution in [0.5, 0.6) is 0 Å². The fourth-order valence-electron chi connectivity index (χ4n) is 4.03. The van der Waals surface area contributed by atoms with Gasteiger partial charge in [-0.3, -0.25) is 14.4 Å². The van der Waals surface area contributed by atoms with E-state index in [1.165, 1.54) is 24.8 Å². The number of rotatable bonds is 7. The molecular weight excluding hydrogens is 354 g/mol. The molecule has 152 valence electrons. The predicted octanol–water partition coefficient (Wildman–Crippen LogP) is 2.56. The minimum atomic E-state index is -0.361. The van der Waals surface area contributed by atoms with Gasteiger partial charge in [-0.25, -0.2) is 0 Å². The zero-order chi connectivity index (χ0) is 19.9. The van der Waals surface area contributed by atoms with Gasteiger partial charge < -0.3 is 15.5 Å². The van der Waals surface area contributed by atoms with Crippen LogP contribution in [0.25, 0.3) is 0 Å². The van der Waals surface area contributed by atoms with Crippen LogP contribution < -0.4 is 15.5 Å². The van der Waals surface area contributed by atoms with E-state index in [4.69, 9.17) is 0 Å². The molecule has 28 heavy (non-hydrogen) atoms. The molecule has 2 fully saturated rings. The standard InChI is InChI=1S/C22H31N3O3/c1-2-16-8-10-19(11-9-16)25-15-17(14-21(25)27)22(28)23-13-12-20(26)24-18-6-4-3-5-7-18/h8-11,17-18H,2-7,12-15H2,1H3,(H,23,28)(H,24,26). The fourth-order valence-corrected chi connectivity index (χ4v) is 4.03. The molecule has 2 N–H and O–H groups in total. The van der Waals surface area contributed by atoms with Crippen LogP contribution in [-0.4, -0.2) is 36.9 Å². The molecule has 1 aromatic carbocycles. The Balaban J connectivity index is 1.42. The molecule has 6 heteroatoms. The van der Waals surface area contributed by atoms with Crippen molar-refractivity contribution >= 4 is 23.4 Å². The zero-order valence-corrected chi connectivity index (χ0v) is 16.7. The highest BCUT2D eigenvalue weighted by Gasteiger charge is 2.35. The first-order valence-corrected chi connectivity index (χ1v) is 10.5. The predicted molar refractivity (Wildman–Crippen MR) is 109 cm³/mol. The molecule has 1 aliphatic carbocycles. The van der Waals surface area contributed by atoms with Gasteiger partial charge in [0.15, 0.2) is 0 Å². The van der Waals surface area contributed by atoms with E-state index in [0.717, 1.165) is 24.9 Å². The van der Waals surface area contributed by atoms with E-state index < -0.39 is 0 Å². The third kappa shape index (κ3) is 5.33. The lowest BCUT2D eigenvalue weighted by atomic mass is 9.95. The number of aryl methyl sites for hydroxylation is 1. The molecule has 3 rings (SSSR count). The molecule has 0 aromatic heterocycles. The number of carbonyl (C=O) groups excluding carboxylic acids is 3. The van der Waals surface area contributed by atoms with Crippen molar-refractivity contribution in [3.05, 3.63) is 29.8 Å². The molecule has 6 nitrogen and oxygen atoms in total. The lowest BCUT2D eigenvalue weighted by Gasteiger charge is -2.22. The van der Waals surface area contributed by atoms with Gasteiger partial charge in [-0.15, -0.1) is 0 Å². The monoisotopic (exact) mass is 385 g/mol. The first-order valence-electron chi connectivity index (χ1n) is 10.5. The lowest BCUT2D eigenvalue weighted by Crippen LogP contribution is -2.39. The highest BCUT2D eigenvalue weighted by molar-refractivity contribution is 6.00. The number of hydrogen-bond acceptors (Lipinski definition) is 3. The number of nitrogens with one attached hydrogen (secondary N) is 2. The van der Waals surface area contributed by atoms with E-state index in [9.17, 15) is 14.4 Å². The van der Waals surface area contributed by atoms with Crippen molar-refractivity contribution in [2.45, 2.75) is 64.3 Å². The molecule has 1 unspecified atom stereocenters. The van der Waals surface area contributed by atoms with Gasteiger partial charge in [0.2, 0.25) is 17.7 Å². The first kappa shape index (κ1) is 20.4. The van der Waals surface area contributed by atoms with Crippen LogP contribution in [0.15, 0.2) is 24.3 Å². The number of hydrogen-bond donors (Lipinski definition) is 2. The van der Waals surface area contributed by atoms with E-state index >= 15 is 0 Å². The van der Waals surface area contributed by atoms with Crippen LogP contribution in [0.3, 0.4) is 0 Å². The third-order valence-electron chi connectivity index (χ3n) is 5.77. The molecule has 1 aliphatic heterocycles. The molecule has 0 bridgehead atoms. The second-order valence-corrected chi connectivity index (χ2v) is 7.87. The highest BCUT2D eigenvalue weighted by Crippen LogP contribution is 2.25. The molecule has 1 saturated heterocycles. The number of benzene rings is 1. The first-order chi connectivity index (χ1) is 13.6. The van der Waals surface area contributed by atoms with Gasteiger partial charge in [-0.2, -0.15) is 0 Å². The minimum Gasteiger partial charge on any atom is -0.355 e. The van der Waals surface area contributed by atoms with Gasteiger partial charge in [-0.05, 0) is 37.0 Å². The number of anilines is 1. The van der Waals surface area contributed by atoms with Gasteiger partial charge >= 0.3 is 0 Å². The van der Waals surface area contributed by atoms with Crippen LogP contribution in [0.2, 0.25) is 0 Å². The Morgan fingerprint density at radius 1 is 1.11 bits per heavy atom. The summed E-state index contributed by atoms with van der Waals surface area (Å²) in [6.07, 6.45) is 7.16. The van der Waals surface area contributed by atoms with Crippen LogP contribution >= 0.6 is 0 Å². The summed E-state index contributed by atoms with van der Waals surface area (Å²) in [4.78, 5) is 38.5. The Kier molecular flexibility index (Phi) is 7.06. The Morgan fingerprint density at radius 2 is 1.82 bits per heavy atom. The summed E-state index contributed by atoms with van der Waals surface area (Å²) in [5.41, 5.74) is 2.06. The van der Waals surface area contributed by atoms with Crippen molar-refractivity contribution < 1.29 is 14.4 Å². The lowest BCUT2D eigenvalue weighted by molar-refractivity contribution is -0.126. The van der Waals surface area contributed by atoms with Gasteiger partial charge in [-0.1, -0.05) is 38.3 Å². The second-order valence-electron chi connectivity index (χ2n) is 7.87. The Hall–Kier alpha value is -2.37. The van der Waals surface area contributed by atoms with Crippen molar-refractivity contribution in [3.8, 4) is 0 Å². The minimum absolute atomic E-state index is 0.00709. The summed E-state index contributed by atoms with van der Waals surface area (Å²) in [6.45, 7) is 2.80. The number of amides is 3. The van der Waals surface area contributed by atoms with Gasteiger partial charge in [0.25, 0.3) is 0 Å². The van der Waals surface area contributed by atoms with E-state index in [2.05, 4.69) is 17.6 Å². The molecular formula is C22H31N3O3. The normalized spacial score (nSPS) is 20.2. The second kappa shape index (κ2) is 9.71. The van der Waals surface area contributed by atoms with Crippen molar-refractivity contribution in [2.75, 3.05) is 18.0 Å². The fraction of sp³-hybridized carbons (Fsp3) is 0.591.